The van der Waals surface area contributed by atoms with Crippen LogP contribution in [-0.4, -0.2) is 23.9 Å². The lowest BCUT2D eigenvalue weighted by Crippen LogP contribution is -2.24. The van der Waals surface area contributed by atoms with Crippen LogP contribution in [0.2, 0.25) is 0 Å². The number of nitrogens with zero attached hydrogens (tertiary/aromatic N) is 2. The molecule has 0 radical (unpaired) electrons. The highest BCUT2D eigenvalue weighted by Crippen LogP contribution is 2.24. The standard InChI is InChI=1S/C15H18FN3O/c1-4-17-15(12-9-11(16)6-5-10(12)2)13-7-8-14(20-3)19-18-13/h5-9,15,17H,4H2,1-3H3. The largest absolute Gasteiger partial charge is 0.480 e. The monoisotopic (exact) mass is 275 g/mol. The van der Waals surface area contributed by atoms with Gasteiger partial charge in [-0.1, -0.05) is 13.0 Å². The minimum absolute atomic E-state index is 0.186. The smallest absolute Gasteiger partial charge is 0.233 e. The summed E-state index contributed by atoms with van der Waals surface area (Å²) in [6.07, 6.45) is 0. The van der Waals surface area contributed by atoms with Crippen LogP contribution >= 0.6 is 0 Å². The molecule has 0 saturated heterocycles. The Hall–Kier alpha value is -2.01. The van der Waals surface area contributed by atoms with E-state index in [2.05, 4.69) is 15.5 Å². The minimum Gasteiger partial charge on any atom is -0.480 e. The topological polar surface area (TPSA) is 47.0 Å². The normalized spacial score (nSPS) is 12.2. The van der Waals surface area contributed by atoms with Crippen molar-refractivity contribution in [1.29, 1.82) is 0 Å². The highest BCUT2D eigenvalue weighted by Gasteiger charge is 2.18. The zero-order valence-corrected chi connectivity index (χ0v) is 11.9. The van der Waals surface area contributed by atoms with E-state index in [9.17, 15) is 4.39 Å². The first-order valence-electron chi connectivity index (χ1n) is 6.52. The summed E-state index contributed by atoms with van der Waals surface area (Å²) in [6, 6.07) is 8.17. The van der Waals surface area contributed by atoms with E-state index in [0.29, 0.717) is 5.88 Å². The van der Waals surface area contributed by atoms with Crippen molar-refractivity contribution < 1.29 is 9.13 Å². The second-order valence-corrected chi connectivity index (χ2v) is 4.49. The predicted octanol–water partition coefficient (Wildman–Crippen LogP) is 2.63. The number of ether oxygens (including phenoxy) is 1. The predicted molar refractivity (Wildman–Crippen MR) is 75.2 cm³/mol. The molecule has 1 unspecified atom stereocenters. The van der Waals surface area contributed by atoms with Gasteiger partial charge in [0.15, 0.2) is 0 Å². The molecule has 2 rings (SSSR count). The Bertz CT molecular complexity index is 572. The molecule has 0 spiro atoms. The highest BCUT2D eigenvalue weighted by molar-refractivity contribution is 5.35. The number of nitrogens with one attached hydrogen (secondary N) is 1. The van der Waals surface area contributed by atoms with Crippen LogP contribution in [0, 0.1) is 12.7 Å². The molecule has 1 N–H and O–H groups in total. The lowest BCUT2D eigenvalue weighted by atomic mass is 9.98. The molecular weight excluding hydrogens is 257 g/mol. The zero-order valence-electron chi connectivity index (χ0n) is 11.9. The van der Waals surface area contributed by atoms with E-state index in [4.69, 9.17) is 4.74 Å². The number of aryl methyl sites for hydroxylation is 1. The summed E-state index contributed by atoms with van der Waals surface area (Å²) in [5.41, 5.74) is 2.61. The summed E-state index contributed by atoms with van der Waals surface area (Å²) in [5, 5.41) is 11.4. The average molecular weight is 275 g/mol. The third-order valence-corrected chi connectivity index (χ3v) is 3.13. The van der Waals surface area contributed by atoms with Crippen LogP contribution in [0.3, 0.4) is 0 Å². The molecule has 1 heterocycles. The fourth-order valence-electron chi connectivity index (χ4n) is 2.09. The summed E-state index contributed by atoms with van der Waals surface area (Å²) in [7, 11) is 1.54. The van der Waals surface area contributed by atoms with Crippen molar-refractivity contribution in [2.45, 2.75) is 19.9 Å². The number of halogens is 1. The molecule has 4 nitrogen and oxygen atoms in total. The molecule has 1 atom stereocenters. The minimum atomic E-state index is -0.255. The van der Waals surface area contributed by atoms with Gasteiger partial charge in [-0.25, -0.2) is 4.39 Å². The number of hydrogen-bond donors (Lipinski definition) is 1. The maximum atomic E-state index is 13.5. The van der Waals surface area contributed by atoms with Gasteiger partial charge in [-0.2, -0.15) is 0 Å². The Morgan fingerprint density at radius 3 is 2.65 bits per heavy atom. The van der Waals surface area contributed by atoms with Gasteiger partial charge < -0.3 is 10.1 Å². The second-order valence-electron chi connectivity index (χ2n) is 4.49. The number of methoxy groups -OCH3 is 1. The van der Waals surface area contributed by atoms with Crippen LogP contribution in [0.5, 0.6) is 5.88 Å². The van der Waals surface area contributed by atoms with Crippen LogP contribution < -0.4 is 10.1 Å². The molecule has 0 aliphatic carbocycles. The van der Waals surface area contributed by atoms with Gasteiger partial charge in [0.25, 0.3) is 0 Å². The van der Waals surface area contributed by atoms with E-state index < -0.39 is 0 Å². The molecule has 2 aromatic rings. The van der Waals surface area contributed by atoms with Crippen molar-refractivity contribution in [3.63, 3.8) is 0 Å². The number of benzene rings is 1. The van der Waals surface area contributed by atoms with E-state index in [1.165, 1.54) is 12.1 Å². The van der Waals surface area contributed by atoms with Gasteiger partial charge in [0.2, 0.25) is 5.88 Å². The number of hydrogen-bond acceptors (Lipinski definition) is 4. The first-order valence-corrected chi connectivity index (χ1v) is 6.52. The molecule has 0 fully saturated rings. The first-order chi connectivity index (χ1) is 9.65. The summed E-state index contributed by atoms with van der Waals surface area (Å²) in [5.74, 6) is 0.204. The van der Waals surface area contributed by atoms with Crippen molar-refractivity contribution in [2.24, 2.45) is 0 Å². The summed E-state index contributed by atoms with van der Waals surface area (Å²) in [6.45, 7) is 4.70. The third kappa shape index (κ3) is 3.11. The molecule has 0 bridgehead atoms. The molecule has 0 saturated carbocycles. The van der Waals surface area contributed by atoms with Gasteiger partial charge in [0.1, 0.15) is 5.82 Å². The highest BCUT2D eigenvalue weighted by atomic mass is 19.1. The van der Waals surface area contributed by atoms with Gasteiger partial charge in [0, 0.05) is 6.07 Å². The molecule has 5 heteroatoms. The number of aromatic nitrogens is 2. The summed E-state index contributed by atoms with van der Waals surface area (Å²) < 4.78 is 18.5. The molecule has 1 aromatic heterocycles. The maximum Gasteiger partial charge on any atom is 0.233 e. The van der Waals surface area contributed by atoms with Crippen molar-refractivity contribution in [1.82, 2.24) is 15.5 Å². The lowest BCUT2D eigenvalue weighted by molar-refractivity contribution is 0.390. The van der Waals surface area contributed by atoms with Gasteiger partial charge in [-0.15, -0.1) is 10.2 Å². The molecular formula is C15H18FN3O. The Balaban J connectivity index is 2.41. The second kappa shape index (κ2) is 6.43. The molecule has 0 aliphatic heterocycles. The van der Waals surface area contributed by atoms with E-state index in [1.807, 2.05) is 19.9 Å². The Morgan fingerprint density at radius 2 is 2.05 bits per heavy atom. The number of rotatable bonds is 5. The Kier molecular flexibility index (Phi) is 4.63. The fraction of sp³-hybridized carbons (Fsp3) is 0.333. The summed E-state index contributed by atoms with van der Waals surface area (Å²) >= 11 is 0. The van der Waals surface area contributed by atoms with Crippen LogP contribution in [0.25, 0.3) is 0 Å². The van der Waals surface area contributed by atoms with Gasteiger partial charge in [-0.3, -0.25) is 0 Å². The van der Waals surface area contributed by atoms with Gasteiger partial charge in [-0.05, 0) is 42.8 Å². The van der Waals surface area contributed by atoms with E-state index >= 15 is 0 Å². The van der Waals surface area contributed by atoms with Crippen molar-refractivity contribution >= 4 is 0 Å². The van der Waals surface area contributed by atoms with E-state index in [1.54, 1.807) is 19.2 Å². The zero-order chi connectivity index (χ0) is 14.5. The van der Waals surface area contributed by atoms with Crippen molar-refractivity contribution in [3.8, 4) is 5.88 Å². The van der Waals surface area contributed by atoms with E-state index in [-0.39, 0.29) is 11.9 Å². The van der Waals surface area contributed by atoms with Crippen LogP contribution in [0.15, 0.2) is 30.3 Å². The van der Waals surface area contributed by atoms with Crippen LogP contribution in [-0.2, 0) is 0 Å². The molecule has 1 aromatic carbocycles. The van der Waals surface area contributed by atoms with Gasteiger partial charge in [0.05, 0.1) is 18.8 Å². The lowest BCUT2D eigenvalue weighted by Gasteiger charge is -2.19. The quantitative estimate of drug-likeness (QED) is 0.911. The molecule has 0 aliphatic rings. The van der Waals surface area contributed by atoms with Crippen molar-refractivity contribution in [2.75, 3.05) is 13.7 Å². The summed E-state index contributed by atoms with van der Waals surface area (Å²) in [4.78, 5) is 0. The molecule has 0 amide bonds. The average Bonchev–Trinajstić information content (AvgIpc) is 2.48. The van der Waals surface area contributed by atoms with E-state index in [0.717, 1.165) is 23.4 Å². The van der Waals surface area contributed by atoms with Crippen LogP contribution in [0.1, 0.15) is 29.8 Å². The Labute approximate surface area is 118 Å². The maximum absolute atomic E-state index is 13.5. The fourth-order valence-corrected chi connectivity index (χ4v) is 2.09. The SMILES string of the molecule is CCNC(c1ccc(OC)nn1)c1cc(F)ccc1C. The molecule has 20 heavy (non-hydrogen) atoms. The molecule has 106 valence electrons. The van der Waals surface area contributed by atoms with Gasteiger partial charge >= 0.3 is 0 Å². The van der Waals surface area contributed by atoms with Crippen molar-refractivity contribution in [3.05, 3.63) is 53.0 Å². The third-order valence-electron chi connectivity index (χ3n) is 3.13. The first kappa shape index (κ1) is 14.4. The van der Waals surface area contributed by atoms with Crippen LogP contribution in [0.4, 0.5) is 4.39 Å². The Morgan fingerprint density at radius 1 is 1.25 bits per heavy atom.